The van der Waals surface area contributed by atoms with Crippen molar-refractivity contribution in [2.45, 2.75) is 53.0 Å². The Morgan fingerprint density at radius 3 is 2.14 bits per heavy atom. The van der Waals surface area contributed by atoms with Gasteiger partial charge in [-0.3, -0.25) is 4.98 Å². The Balaban J connectivity index is 1.88. The molecule has 1 aromatic carbocycles. The van der Waals surface area contributed by atoms with Crippen molar-refractivity contribution >= 4 is 17.5 Å². The molecule has 0 amide bonds. The van der Waals surface area contributed by atoms with Crippen LogP contribution in [0.3, 0.4) is 0 Å². The second kappa shape index (κ2) is 8.83. The zero-order chi connectivity index (χ0) is 20.1. The van der Waals surface area contributed by atoms with Gasteiger partial charge in [0.05, 0.1) is 0 Å². The van der Waals surface area contributed by atoms with Gasteiger partial charge in [0.2, 0.25) is 5.95 Å². The molecule has 0 aliphatic carbocycles. The third-order valence-corrected chi connectivity index (χ3v) is 4.69. The number of hydrogen-bond acceptors (Lipinski definition) is 5. The van der Waals surface area contributed by atoms with E-state index in [2.05, 4.69) is 66.5 Å². The first kappa shape index (κ1) is 19.8. The summed E-state index contributed by atoms with van der Waals surface area (Å²) in [4.78, 5) is 13.4. The van der Waals surface area contributed by atoms with Crippen LogP contribution in [0.5, 0.6) is 0 Å². The molecule has 0 spiro atoms. The summed E-state index contributed by atoms with van der Waals surface area (Å²) in [6, 6.07) is 12.4. The predicted octanol–water partition coefficient (Wildman–Crippen LogP) is 5.78. The van der Waals surface area contributed by atoms with Crippen LogP contribution in [0.2, 0.25) is 0 Å². The molecule has 28 heavy (non-hydrogen) atoms. The Morgan fingerprint density at radius 2 is 1.54 bits per heavy atom. The molecular formula is C23H29N5. The van der Waals surface area contributed by atoms with E-state index in [1.807, 2.05) is 25.1 Å². The van der Waals surface area contributed by atoms with Crippen molar-refractivity contribution in [3.05, 3.63) is 71.2 Å². The zero-order valence-corrected chi connectivity index (χ0v) is 17.3. The van der Waals surface area contributed by atoms with Gasteiger partial charge in [0.1, 0.15) is 5.82 Å². The molecule has 0 saturated heterocycles. The summed E-state index contributed by atoms with van der Waals surface area (Å²) in [5, 5.41) is 6.89. The van der Waals surface area contributed by atoms with E-state index in [0.717, 1.165) is 22.8 Å². The maximum absolute atomic E-state index is 4.70. The fraction of sp³-hybridized carbons (Fsp3) is 0.348. The smallest absolute Gasteiger partial charge is 0.229 e. The molecule has 0 atom stereocenters. The molecule has 0 bridgehead atoms. The number of aryl methyl sites for hydroxylation is 1. The first-order valence-electron chi connectivity index (χ1n) is 9.82. The fourth-order valence-corrected chi connectivity index (χ4v) is 3.22. The number of nitrogens with one attached hydrogen (secondary N) is 2. The molecule has 2 aromatic heterocycles. The van der Waals surface area contributed by atoms with Gasteiger partial charge in [0.25, 0.3) is 0 Å². The molecule has 0 aliphatic heterocycles. The molecule has 3 aromatic rings. The lowest BCUT2D eigenvalue weighted by molar-refractivity contribution is 0.837. The van der Waals surface area contributed by atoms with E-state index in [0.29, 0.717) is 24.3 Å². The van der Waals surface area contributed by atoms with Crippen molar-refractivity contribution in [3.8, 4) is 0 Å². The predicted molar refractivity (Wildman–Crippen MR) is 116 cm³/mol. The minimum Gasteiger partial charge on any atom is -0.366 e. The van der Waals surface area contributed by atoms with Crippen LogP contribution in [0.1, 0.15) is 61.9 Å². The van der Waals surface area contributed by atoms with E-state index in [-0.39, 0.29) is 0 Å². The van der Waals surface area contributed by atoms with Crippen LogP contribution in [0.25, 0.3) is 0 Å². The highest BCUT2D eigenvalue weighted by atomic mass is 15.1. The lowest BCUT2D eigenvalue weighted by atomic mass is 9.93. The van der Waals surface area contributed by atoms with Crippen LogP contribution in [-0.4, -0.2) is 15.0 Å². The lowest BCUT2D eigenvalue weighted by Gasteiger charge is -2.20. The summed E-state index contributed by atoms with van der Waals surface area (Å²) >= 11 is 0. The summed E-state index contributed by atoms with van der Waals surface area (Å²) in [5.74, 6) is 2.25. The first-order chi connectivity index (χ1) is 13.4. The Bertz CT molecular complexity index is 893. The minimum absolute atomic E-state index is 0.412. The quantitative estimate of drug-likeness (QED) is 0.548. The number of aromatic nitrogens is 3. The topological polar surface area (TPSA) is 62.7 Å². The molecule has 0 unspecified atom stereocenters. The van der Waals surface area contributed by atoms with E-state index >= 15 is 0 Å². The van der Waals surface area contributed by atoms with Gasteiger partial charge >= 0.3 is 0 Å². The van der Waals surface area contributed by atoms with Crippen LogP contribution in [0.4, 0.5) is 17.5 Å². The van der Waals surface area contributed by atoms with Crippen LogP contribution in [0, 0.1) is 6.92 Å². The molecule has 0 saturated carbocycles. The normalized spacial score (nSPS) is 11.1. The average molecular weight is 376 g/mol. The largest absolute Gasteiger partial charge is 0.366 e. The first-order valence-corrected chi connectivity index (χ1v) is 9.82. The highest BCUT2D eigenvalue weighted by Gasteiger charge is 2.15. The van der Waals surface area contributed by atoms with Crippen LogP contribution in [-0.2, 0) is 6.54 Å². The van der Waals surface area contributed by atoms with Gasteiger partial charge in [0, 0.05) is 36.4 Å². The highest BCUT2D eigenvalue weighted by Crippen LogP contribution is 2.34. The van der Waals surface area contributed by atoms with Gasteiger partial charge in [-0.1, -0.05) is 45.9 Å². The van der Waals surface area contributed by atoms with Crippen molar-refractivity contribution < 1.29 is 0 Å². The van der Waals surface area contributed by atoms with Crippen LogP contribution >= 0.6 is 0 Å². The summed E-state index contributed by atoms with van der Waals surface area (Å²) in [6.07, 6.45) is 3.59. The maximum atomic E-state index is 4.70. The van der Waals surface area contributed by atoms with Crippen molar-refractivity contribution in [1.82, 2.24) is 15.0 Å². The van der Waals surface area contributed by atoms with Crippen molar-refractivity contribution in [2.75, 3.05) is 10.6 Å². The van der Waals surface area contributed by atoms with Gasteiger partial charge < -0.3 is 10.6 Å². The van der Waals surface area contributed by atoms with E-state index in [9.17, 15) is 0 Å². The van der Waals surface area contributed by atoms with Gasteiger partial charge in [-0.05, 0) is 47.6 Å². The SMILES string of the molecule is Cc1cc(NCc2ccncc2)nc(Nc2c(C(C)C)cccc2C(C)C)n1. The number of benzene rings is 1. The molecule has 2 N–H and O–H groups in total. The van der Waals surface area contributed by atoms with Crippen molar-refractivity contribution in [3.63, 3.8) is 0 Å². The van der Waals surface area contributed by atoms with E-state index in [1.165, 1.54) is 11.1 Å². The molecule has 5 heteroatoms. The number of anilines is 3. The Kier molecular flexibility index (Phi) is 6.24. The molecule has 0 aliphatic rings. The summed E-state index contributed by atoms with van der Waals surface area (Å²) in [7, 11) is 0. The lowest BCUT2D eigenvalue weighted by Crippen LogP contribution is -2.08. The molecule has 3 rings (SSSR count). The van der Waals surface area contributed by atoms with Crippen molar-refractivity contribution in [1.29, 1.82) is 0 Å². The summed E-state index contributed by atoms with van der Waals surface area (Å²) < 4.78 is 0. The zero-order valence-electron chi connectivity index (χ0n) is 17.3. The number of nitrogens with zero attached hydrogens (tertiary/aromatic N) is 3. The van der Waals surface area contributed by atoms with Crippen LogP contribution in [0.15, 0.2) is 48.8 Å². The number of pyridine rings is 1. The number of para-hydroxylation sites is 1. The third kappa shape index (κ3) is 4.85. The Hall–Kier alpha value is -2.95. The Labute approximate surface area is 167 Å². The maximum Gasteiger partial charge on any atom is 0.229 e. The van der Waals surface area contributed by atoms with E-state index in [4.69, 9.17) is 4.98 Å². The molecule has 0 fully saturated rings. The molecule has 2 heterocycles. The van der Waals surface area contributed by atoms with Gasteiger partial charge in [-0.15, -0.1) is 0 Å². The van der Waals surface area contributed by atoms with Crippen LogP contribution < -0.4 is 10.6 Å². The van der Waals surface area contributed by atoms with Crippen molar-refractivity contribution in [2.24, 2.45) is 0 Å². The summed E-state index contributed by atoms with van der Waals surface area (Å²) in [6.45, 7) is 11.5. The monoisotopic (exact) mass is 375 g/mol. The molecule has 146 valence electrons. The number of hydrogen-bond donors (Lipinski definition) is 2. The standard InChI is InChI=1S/C23H29N5/c1-15(2)19-7-6-8-20(16(3)4)22(19)28-23-26-17(5)13-21(27-23)25-14-18-9-11-24-12-10-18/h6-13,15-16H,14H2,1-5H3,(H2,25,26,27,28). The molecule has 0 radical (unpaired) electrons. The molecule has 5 nitrogen and oxygen atoms in total. The summed E-state index contributed by atoms with van der Waals surface area (Å²) in [5.41, 5.74) is 5.76. The second-order valence-corrected chi connectivity index (χ2v) is 7.67. The van der Waals surface area contributed by atoms with Gasteiger partial charge in [-0.2, -0.15) is 4.98 Å². The average Bonchev–Trinajstić information content (AvgIpc) is 2.66. The van der Waals surface area contributed by atoms with E-state index in [1.54, 1.807) is 12.4 Å². The second-order valence-electron chi connectivity index (χ2n) is 7.67. The highest BCUT2D eigenvalue weighted by molar-refractivity contribution is 5.66. The molecular weight excluding hydrogens is 346 g/mol. The minimum atomic E-state index is 0.412. The van der Waals surface area contributed by atoms with Gasteiger partial charge in [0.15, 0.2) is 0 Å². The van der Waals surface area contributed by atoms with E-state index < -0.39 is 0 Å². The Morgan fingerprint density at radius 1 is 0.893 bits per heavy atom. The fourth-order valence-electron chi connectivity index (χ4n) is 3.22. The number of rotatable bonds is 7. The van der Waals surface area contributed by atoms with Gasteiger partial charge in [-0.25, -0.2) is 4.98 Å². The third-order valence-electron chi connectivity index (χ3n) is 4.69.